The molecule has 0 unspecified atom stereocenters. The lowest BCUT2D eigenvalue weighted by molar-refractivity contribution is 1.16. The highest BCUT2D eigenvalue weighted by atomic mass is 35.5. The third-order valence-corrected chi connectivity index (χ3v) is 2.63. The van der Waals surface area contributed by atoms with E-state index < -0.39 is 0 Å². The number of nitrogens with two attached hydrogens (primary N) is 2. The normalized spacial score (nSPS) is 11.6. The van der Waals surface area contributed by atoms with Crippen molar-refractivity contribution in [2.45, 2.75) is 0 Å². The highest BCUT2D eigenvalue weighted by molar-refractivity contribution is 6.30. The summed E-state index contributed by atoms with van der Waals surface area (Å²) in [4.78, 5) is 0. The fourth-order valence-corrected chi connectivity index (χ4v) is 1.57. The summed E-state index contributed by atoms with van der Waals surface area (Å²) in [5.74, 6) is 0.125. The molecule has 0 atom stereocenters. The first-order chi connectivity index (χ1) is 10.1. The standard InChI is InChI=1S/C14H13ClN6/c15-11-8-6-10(7-9-11)13(20-21-14(16)17)19-18-12-4-2-1-3-5-12/h1-9H,(H4,16,17,21)/b19-18?,20-13-. The van der Waals surface area contributed by atoms with Crippen LogP contribution in [0.4, 0.5) is 5.69 Å². The number of guanidine groups is 1. The minimum absolute atomic E-state index is 0.156. The van der Waals surface area contributed by atoms with Crippen molar-refractivity contribution in [1.29, 1.82) is 0 Å². The number of benzene rings is 2. The Morgan fingerprint density at radius 3 is 2.14 bits per heavy atom. The van der Waals surface area contributed by atoms with Crippen LogP contribution in [0.2, 0.25) is 5.02 Å². The predicted octanol–water partition coefficient (Wildman–Crippen LogP) is 3.06. The van der Waals surface area contributed by atoms with Crippen molar-refractivity contribution in [1.82, 2.24) is 0 Å². The van der Waals surface area contributed by atoms with Crippen molar-refractivity contribution in [3.63, 3.8) is 0 Å². The Kier molecular flexibility index (Phi) is 5.00. The van der Waals surface area contributed by atoms with Gasteiger partial charge in [0, 0.05) is 10.6 Å². The third-order valence-electron chi connectivity index (χ3n) is 2.38. The van der Waals surface area contributed by atoms with Gasteiger partial charge in [-0.3, -0.25) is 0 Å². The average molecular weight is 301 g/mol. The molecule has 0 fully saturated rings. The van der Waals surface area contributed by atoms with Gasteiger partial charge < -0.3 is 11.5 Å². The molecule has 0 spiro atoms. The molecule has 0 amide bonds. The van der Waals surface area contributed by atoms with E-state index in [1.165, 1.54) is 0 Å². The summed E-state index contributed by atoms with van der Waals surface area (Å²) in [5.41, 5.74) is 12.0. The SMILES string of the molecule is NC(N)=N/N=C(\N=Nc1ccccc1)c1ccc(Cl)cc1. The molecule has 0 aliphatic carbocycles. The van der Waals surface area contributed by atoms with E-state index in [0.717, 1.165) is 0 Å². The fraction of sp³-hybridized carbons (Fsp3) is 0. The summed E-state index contributed by atoms with van der Waals surface area (Å²) in [6, 6.07) is 16.2. The first-order valence-corrected chi connectivity index (χ1v) is 6.42. The first-order valence-electron chi connectivity index (χ1n) is 6.04. The summed E-state index contributed by atoms with van der Waals surface area (Å²) in [6.07, 6.45) is 0. The van der Waals surface area contributed by atoms with Crippen molar-refractivity contribution in [3.8, 4) is 0 Å². The Hall–Kier alpha value is -2.73. The second-order valence-corrected chi connectivity index (χ2v) is 4.43. The maximum absolute atomic E-state index is 5.86. The maximum Gasteiger partial charge on any atom is 0.211 e. The minimum Gasteiger partial charge on any atom is -0.369 e. The fourth-order valence-electron chi connectivity index (χ4n) is 1.44. The molecule has 0 saturated carbocycles. The van der Waals surface area contributed by atoms with Gasteiger partial charge in [0.05, 0.1) is 5.69 Å². The number of hydrogen-bond donors (Lipinski definition) is 2. The van der Waals surface area contributed by atoms with Crippen molar-refractivity contribution < 1.29 is 0 Å². The Labute approximate surface area is 126 Å². The molecule has 6 nitrogen and oxygen atoms in total. The second-order valence-electron chi connectivity index (χ2n) is 3.99. The second kappa shape index (κ2) is 7.16. The van der Waals surface area contributed by atoms with Crippen molar-refractivity contribution in [3.05, 3.63) is 65.2 Å². The molecule has 106 valence electrons. The third kappa shape index (κ3) is 4.70. The highest BCUT2D eigenvalue weighted by Crippen LogP contribution is 2.14. The molecule has 0 saturated heterocycles. The summed E-state index contributed by atoms with van der Waals surface area (Å²) >= 11 is 5.86. The number of nitrogens with zero attached hydrogens (tertiary/aromatic N) is 4. The van der Waals surface area contributed by atoms with Crippen LogP contribution in [0.1, 0.15) is 5.56 Å². The lowest BCUT2D eigenvalue weighted by Crippen LogP contribution is -2.22. The van der Waals surface area contributed by atoms with Gasteiger partial charge in [0.25, 0.3) is 0 Å². The van der Waals surface area contributed by atoms with Crippen molar-refractivity contribution in [2.75, 3.05) is 0 Å². The van der Waals surface area contributed by atoms with Gasteiger partial charge in [0.2, 0.25) is 11.8 Å². The Morgan fingerprint density at radius 2 is 1.52 bits per heavy atom. The van der Waals surface area contributed by atoms with E-state index in [-0.39, 0.29) is 11.8 Å². The summed E-state index contributed by atoms with van der Waals surface area (Å²) < 4.78 is 0. The number of halogens is 1. The molecule has 0 bridgehead atoms. The van der Waals surface area contributed by atoms with E-state index >= 15 is 0 Å². The first kappa shape index (κ1) is 14.7. The van der Waals surface area contributed by atoms with Gasteiger partial charge in [-0.2, -0.15) is 0 Å². The smallest absolute Gasteiger partial charge is 0.211 e. The Morgan fingerprint density at radius 1 is 0.857 bits per heavy atom. The molecule has 0 aromatic heterocycles. The molecule has 2 aromatic rings. The molecule has 0 aliphatic heterocycles. The van der Waals surface area contributed by atoms with Crippen LogP contribution in [0.3, 0.4) is 0 Å². The zero-order chi connectivity index (χ0) is 15.1. The van der Waals surface area contributed by atoms with Gasteiger partial charge in [0.1, 0.15) is 0 Å². The molecule has 0 aliphatic rings. The van der Waals surface area contributed by atoms with Crippen LogP contribution < -0.4 is 11.5 Å². The van der Waals surface area contributed by atoms with Gasteiger partial charge in [-0.05, 0) is 36.4 Å². The summed E-state index contributed by atoms with van der Waals surface area (Å²) in [7, 11) is 0. The minimum atomic E-state index is -0.156. The van der Waals surface area contributed by atoms with E-state index in [1.807, 2.05) is 30.3 Å². The number of hydrogen-bond acceptors (Lipinski definition) is 3. The molecule has 2 rings (SSSR count). The van der Waals surface area contributed by atoms with Crippen LogP contribution in [-0.4, -0.2) is 11.8 Å². The lowest BCUT2D eigenvalue weighted by Gasteiger charge is -1.99. The molecular weight excluding hydrogens is 288 g/mol. The van der Waals surface area contributed by atoms with Gasteiger partial charge in [-0.15, -0.1) is 20.4 Å². The average Bonchev–Trinajstić information content (AvgIpc) is 2.49. The maximum atomic E-state index is 5.86. The highest BCUT2D eigenvalue weighted by Gasteiger charge is 2.03. The quantitative estimate of drug-likeness (QED) is 0.394. The van der Waals surface area contributed by atoms with Crippen LogP contribution in [0, 0.1) is 0 Å². The zero-order valence-corrected chi connectivity index (χ0v) is 11.8. The van der Waals surface area contributed by atoms with Crippen LogP contribution in [0.15, 0.2) is 75.0 Å². The number of rotatable bonds is 3. The van der Waals surface area contributed by atoms with Gasteiger partial charge in [0.15, 0.2) is 0 Å². The van der Waals surface area contributed by atoms with Crippen molar-refractivity contribution in [2.24, 2.45) is 31.9 Å². The van der Waals surface area contributed by atoms with Crippen LogP contribution in [-0.2, 0) is 0 Å². The predicted molar refractivity (Wildman–Crippen MR) is 84.8 cm³/mol. The van der Waals surface area contributed by atoms with Crippen LogP contribution in [0.25, 0.3) is 0 Å². The van der Waals surface area contributed by atoms with Crippen LogP contribution >= 0.6 is 11.6 Å². The lowest BCUT2D eigenvalue weighted by atomic mass is 10.2. The number of azo groups is 1. The van der Waals surface area contributed by atoms with E-state index in [2.05, 4.69) is 20.4 Å². The molecule has 7 heteroatoms. The summed E-state index contributed by atoms with van der Waals surface area (Å²) in [5, 5.41) is 16.3. The van der Waals surface area contributed by atoms with E-state index in [9.17, 15) is 0 Å². The zero-order valence-electron chi connectivity index (χ0n) is 11.0. The summed E-state index contributed by atoms with van der Waals surface area (Å²) in [6.45, 7) is 0. The van der Waals surface area contributed by atoms with E-state index in [0.29, 0.717) is 16.3 Å². The van der Waals surface area contributed by atoms with Crippen molar-refractivity contribution >= 4 is 29.1 Å². The molecule has 2 aromatic carbocycles. The van der Waals surface area contributed by atoms with E-state index in [4.69, 9.17) is 23.1 Å². The van der Waals surface area contributed by atoms with Crippen LogP contribution in [0.5, 0.6) is 0 Å². The molecule has 0 heterocycles. The largest absolute Gasteiger partial charge is 0.369 e. The van der Waals surface area contributed by atoms with Gasteiger partial charge in [-0.1, -0.05) is 29.8 Å². The monoisotopic (exact) mass is 300 g/mol. The van der Waals surface area contributed by atoms with Gasteiger partial charge >= 0.3 is 0 Å². The molecular formula is C14H13ClN6. The topological polar surface area (TPSA) is 101 Å². The molecule has 0 radical (unpaired) electrons. The molecule has 4 N–H and O–H groups in total. The van der Waals surface area contributed by atoms with Gasteiger partial charge in [-0.25, -0.2) is 0 Å². The Bertz CT molecular complexity index is 672. The molecule has 21 heavy (non-hydrogen) atoms. The van der Waals surface area contributed by atoms with E-state index in [1.54, 1.807) is 24.3 Å². The Balaban J connectivity index is 2.33. The number of amidine groups is 1.